The number of piperidine rings is 1. The molecule has 0 radical (unpaired) electrons. The van der Waals surface area contributed by atoms with Crippen molar-refractivity contribution in [2.24, 2.45) is 0 Å². The van der Waals surface area contributed by atoms with E-state index >= 15 is 0 Å². The molecule has 0 spiro atoms. The molecule has 1 atom stereocenters. The van der Waals surface area contributed by atoms with E-state index in [0.717, 1.165) is 43.4 Å². The van der Waals surface area contributed by atoms with Crippen LogP contribution in [0.3, 0.4) is 0 Å². The third-order valence-corrected chi connectivity index (χ3v) is 3.96. The van der Waals surface area contributed by atoms with Gasteiger partial charge in [0.05, 0.1) is 24.2 Å². The first kappa shape index (κ1) is 15.2. The van der Waals surface area contributed by atoms with Gasteiger partial charge in [-0.05, 0) is 33.1 Å². The minimum Gasteiger partial charge on any atom is -0.383 e. The van der Waals surface area contributed by atoms with E-state index < -0.39 is 0 Å². The van der Waals surface area contributed by atoms with Gasteiger partial charge in [0.2, 0.25) is 0 Å². The van der Waals surface area contributed by atoms with Gasteiger partial charge in [-0.1, -0.05) is 0 Å². The first-order valence-corrected chi connectivity index (χ1v) is 7.49. The maximum absolute atomic E-state index is 5.07. The molecule has 1 aliphatic heterocycles. The van der Waals surface area contributed by atoms with Crippen LogP contribution < -0.4 is 10.2 Å². The van der Waals surface area contributed by atoms with Gasteiger partial charge < -0.3 is 15.0 Å². The van der Waals surface area contributed by atoms with Crippen molar-refractivity contribution in [3.63, 3.8) is 0 Å². The predicted octanol–water partition coefficient (Wildman–Crippen LogP) is 1.69. The molecule has 2 heterocycles. The lowest BCUT2D eigenvalue weighted by molar-refractivity contribution is 0.198. The standard InChI is InChI=1S/C15H26N4O/c1-12-13(2)18-15(11-17-12)19-8-5-4-6-14(19)10-16-7-9-20-3/h11,14,16H,4-10H2,1-3H3. The number of hydrogen-bond acceptors (Lipinski definition) is 5. The van der Waals surface area contributed by atoms with Crippen molar-refractivity contribution in [3.8, 4) is 0 Å². The first-order chi connectivity index (χ1) is 9.72. The smallest absolute Gasteiger partial charge is 0.147 e. The third-order valence-electron chi connectivity index (χ3n) is 3.96. The van der Waals surface area contributed by atoms with E-state index in [1.54, 1.807) is 7.11 Å². The number of rotatable bonds is 6. The van der Waals surface area contributed by atoms with E-state index in [0.29, 0.717) is 6.04 Å². The Balaban J connectivity index is 2.00. The summed E-state index contributed by atoms with van der Waals surface area (Å²) in [5, 5.41) is 3.47. The second-order valence-electron chi connectivity index (χ2n) is 5.44. The second kappa shape index (κ2) is 7.55. The number of hydrogen-bond donors (Lipinski definition) is 1. The summed E-state index contributed by atoms with van der Waals surface area (Å²) in [6.45, 7) is 7.76. The summed E-state index contributed by atoms with van der Waals surface area (Å²) in [6.07, 6.45) is 5.67. The quantitative estimate of drug-likeness (QED) is 0.803. The molecule has 20 heavy (non-hydrogen) atoms. The Kier molecular flexibility index (Phi) is 5.73. The average molecular weight is 278 g/mol. The molecule has 0 saturated carbocycles. The highest BCUT2D eigenvalue weighted by molar-refractivity contribution is 5.39. The summed E-state index contributed by atoms with van der Waals surface area (Å²) in [5.74, 6) is 1.02. The van der Waals surface area contributed by atoms with E-state index in [1.807, 2.05) is 20.0 Å². The van der Waals surface area contributed by atoms with Gasteiger partial charge in [-0.15, -0.1) is 0 Å². The molecule has 0 aliphatic carbocycles. The molecule has 0 bridgehead atoms. The van der Waals surface area contributed by atoms with Crippen LogP contribution in [-0.4, -0.2) is 49.4 Å². The fourth-order valence-electron chi connectivity index (χ4n) is 2.63. The minimum absolute atomic E-state index is 0.511. The summed E-state index contributed by atoms with van der Waals surface area (Å²) < 4.78 is 5.07. The van der Waals surface area contributed by atoms with Crippen molar-refractivity contribution in [1.29, 1.82) is 0 Å². The number of nitrogens with one attached hydrogen (secondary N) is 1. The van der Waals surface area contributed by atoms with E-state index in [9.17, 15) is 0 Å². The van der Waals surface area contributed by atoms with Crippen molar-refractivity contribution in [1.82, 2.24) is 15.3 Å². The highest BCUT2D eigenvalue weighted by atomic mass is 16.5. The molecule has 1 aromatic heterocycles. The van der Waals surface area contributed by atoms with Crippen molar-refractivity contribution in [2.45, 2.75) is 39.2 Å². The number of anilines is 1. The molecule has 2 rings (SSSR count). The molecule has 5 heteroatoms. The Bertz CT molecular complexity index is 424. The molecule has 112 valence electrons. The van der Waals surface area contributed by atoms with Crippen molar-refractivity contribution in [3.05, 3.63) is 17.6 Å². The number of aromatic nitrogens is 2. The Hall–Kier alpha value is -1.20. The molecule has 1 saturated heterocycles. The van der Waals surface area contributed by atoms with Crippen LogP contribution in [0.2, 0.25) is 0 Å². The second-order valence-corrected chi connectivity index (χ2v) is 5.44. The number of methoxy groups -OCH3 is 1. The number of nitrogens with zero attached hydrogens (tertiary/aromatic N) is 3. The molecular formula is C15H26N4O. The SMILES string of the molecule is COCCNCC1CCCCN1c1cnc(C)c(C)n1. The summed E-state index contributed by atoms with van der Waals surface area (Å²) >= 11 is 0. The molecule has 1 aromatic rings. The molecule has 0 aromatic carbocycles. The van der Waals surface area contributed by atoms with E-state index in [1.165, 1.54) is 19.3 Å². The van der Waals surface area contributed by atoms with Gasteiger partial charge in [0.25, 0.3) is 0 Å². The maximum Gasteiger partial charge on any atom is 0.147 e. The first-order valence-electron chi connectivity index (χ1n) is 7.49. The zero-order valence-electron chi connectivity index (χ0n) is 12.9. The van der Waals surface area contributed by atoms with Crippen LogP contribution in [0, 0.1) is 13.8 Å². The summed E-state index contributed by atoms with van der Waals surface area (Å²) in [5.41, 5.74) is 2.04. The van der Waals surface area contributed by atoms with Gasteiger partial charge in [-0.2, -0.15) is 0 Å². The van der Waals surface area contributed by atoms with E-state index in [4.69, 9.17) is 9.72 Å². The molecule has 1 N–H and O–H groups in total. The highest BCUT2D eigenvalue weighted by Crippen LogP contribution is 2.22. The van der Waals surface area contributed by atoms with Crippen molar-refractivity contribution < 1.29 is 4.74 Å². The van der Waals surface area contributed by atoms with E-state index in [2.05, 4.69) is 15.2 Å². The van der Waals surface area contributed by atoms with Crippen LogP contribution in [0.1, 0.15) is 30.7 Å². The Morgan fingerprint density at radius 2 is 2.20 bits per heavy atom. The maximum atomic E-state index is 5.07. The number of ether oxygens (including phenoxy) is 1. The Labute approximate surface area is 121 Å². The third kappa shape index (κ3) is 3.90. The lowest BCUT2D eigenvalue weighted by atomic mass is 10.0. The van der Waals surface area contributed by atoms with Gasteiger partial charge in [0.1, 0.15) is 5.82 Å². The molecule has 1 fully saturated rings. The van der Waals surface area contributed by atoms with Crippen LogP contribution in [0.4, 0.5) is 5.82 Å². The Morgan fingerprint density at radius 1 is 1.35 bits per heavy atom. The van der Waals surface area contributed by atoms with Crippen LogP contribution in [0.15, 0.2) is 6.20 Å². The predicted molar refractivity (Wildman–Crippen MR) is 81.2 cm³/mol. The lowest BCUT2D eigenvalue weighted by Gasteiger charge is -2.36. The summed E-state index contributed by atoms with van der Waals surface area (Å²) in [7, 11) is 1.74. The molecular weight excluding hydrogens is 252 g/mol. The monoisotopic (exact) mass is 278 g/mol. The summed E-state index contributed by atoms with van der Waals surface area (Å²) in [6, 6.07) is 0.511. The van der Waals surface area contributed by atoms with Crippen molar-refractivity contribution >= 4 is 5.82 Å². The van der Waals surface area contributed by atoms with Crippen LogP contribution in [-0.2, 0) is 4.74 Å². The van der Waals surface area contributed by atoms with Gasteiger partial charge in [0.15, 0.2) is 0 Å². The molecule has 1 aliphatic rings. The molecule has 0 amide bonds. The van der Waals surface area contributed by atoms with Gasteiger partial charge in [-0.25, -0.2) is 4.98 Å². The zero-order chi connectivity index (χ0) is 14.4. The topological polar surface area (TPSA) is 50.3 Å². The summed E-state index contributed by atoms with van der Waals surface area (Å²) in [4.78, 5) is 11.6. The average Bonchev–Trinajstić information content (AvgIpc) is 2.47. The minimum atomic E-state index is 0.511. The normalized spacial score (nSPS) is 19.4. The van der Waals surface area contributed by atoms with Gasteiger partial charge in [-0.3, -0.25) is 4.98 Å². The Morgan fingerprint density at radius 3 is 2.95 bits per heavy atom. The fourth-order valence-corrected chi connectivity index (χ4v) is 2.63. The number of aryl methyl sites for hydroxylation is 2. The van der Waals surface area contributed by atoms with Crippen LogP contribution in [0.25, 0.3) is 0 Å². The fraction of sp³-hybridized carbons (Fsp3) is 0.733. The zero-order valence-corrected chi connectivity index (χ0v) is 12.9. The largest absolute Gasteiger partial charge is 0.383 e. The van der Waals surface area contributed by atoms with Crippen LogP contribution >= 0.6 is 0 Å². The molecule has 5 nitrogen and oxygen atoms in total. The van der Waals surface area contributed by atoms with Crippen LogP contribution in [0.5, 0.6) is 0 Å². The highest BCUT2D eigenvalue weighted by Gasteiger charge is 2.23. The molecule has 1 unspecified atom stereocenters. The van der Waals surface area contributed by atoms with E-state index in [-0.39, 0.29) is 0 Å². The van der Waals surface area contributed by atoms with Crippen molar-refractivity contribution in [2.75, 3.05) is 38.3 Å². The van der Waals surface area contributed by atoms with Gasteiger partial charge >= 0.3 is 0 Å². The van der Waals surface area contributed by atoms with Gasteiger partial charge in [0, 0.05) is 32.8 Å². The lowest BCUT2D eigenvalue weighted by Crippen LogP contribution is -2.46.